The Hall–Kier alpha value is -2.40. The van der Waals surface area contributed by atoms with Gasteiger partial charge in [-0.25, -0.2) is 9.97 Å². The molecule has 0 radical (unpaired) electrons. The van der Waals surface area contributed by atoms with E-state index in [0.29, 0.717) is 0 Å². The van der Waals surface area contributed by atoms with Gasteiger partial charge in [0.1, 0.15) is 17.8 Å². The standard InChI is InChI=1S/C12H15N.C8H10N4/c1-2-4-10(5-3-1)7-13-8-11-6-12(11)9-13;1-12(2)8-6-3-4-9-7(6)10-5-11-8/h1-5,11-12H,6-9H2;3-5H,1-2H3,(H,9,10,11). The molecule has 1 aliphatic carbocycles. The SMILES string of the molecule is CN(C)c1ncnc2[nH]ccc12.c1ccc(CN2CC3CC3C2)cc1. The minimum absolute atomic E-state index is 0.883. The smallest absolute Gasteiger partial charge is 0.142 e. The van der Waals surface area contributed by atoms with Crippen molar-refractivity contribution in [1.29, 1.82) is 0 Å². The first-order chi connectivity index (χ1) is 12.2. The third kappa shape index (κ3) is 3.66. The molecule has 1 aliphatic heterocycles. The lowest BCUT2D eigenvalue weighted by molar-refractivity contribution is 0.297. The molecule has 0 bridgehead atoms. The molecule has 2 atom stereocenters. The Labute approximate surface area is 148 Å². The third-order valence-corrected chi connectivity index (χ3v) is 5.06. The van der Waals surface area contributed by atoms with Crippen LogP contribution in [0.3, 0.4) is 0 Å². The summed E-state index contributed by atoms with van der Waals surface area (Å²) in [6, 6.07) is 12.8. The van der Waals surface area contributed by atoms with Gasteiger partial charge in [-0.3, -0.25) is 4.90 Å². The number of hydrogen-bond donors (Lipinski definition) is 1. The highest BCUT2D eigenvalue weighted by Crippen LogP contribution is 2.45. The van der Waals surface area contributed by atoms with Crippen LogP contribution in [-0.2, 0) is 6.54 Å². The molecular formula is C20H25N5. The van der Waals surface area contributed by atoms with Gasteiger partial charge in [0.05, 0.1) is 5.39 Å². The van der Waals surface area contributed by atoms with Crippen molar-refractivity contribution in [3.63, 3.8) is 0 Å². The highest BCUT2D eigenvalue weighted by molar-refractivity contribution is 5.86. The number of benzene rings is 1. The van der Waals surface area contributed by atoms with E-state index in [0.717, 1.165) is 35.2 Å². The Morgan fingerprint density at radius 1 is 1.08 bits per heavy atom. The second kappa shape index (κ2) is 6.84. The van der Waals surface area contributed by atoms with E-state index >= 15 is 0 Å². The van der Waals surface area contributed by atoms with Crippen LogP contribution in [0, 0.1) is 11.8 Å². The zero-order valence-electron chi connectivity index (χ0n) is 14.9. The molecule has 1 aromatic carbocycles. The van der Waals surface area contributed by atoms with Gasteiger partial charge < -0.3 is 9.88 Å². The van der Waals surface area contributed by atoms with Crippen molar-refractivity contribution in [2.45, 2.75) is 13.0 Å². The fourth-order valence-corrected chi connectivity index (χ4v) is 3.68. The van der Waals surface area contributed by atoms with Crippen molar-refractivity contribution in [3.05, 3.63) is 54.5 Å². The lowest BCUT2D eigenvalue weighted by Crippen LogP contribution is -2.21. The summed E-state index contributed by atoms with van der Waals surface area (Å²) in [4.78, 5) is 15.9. The number of rotatable bonds is 3. The fraction of sp³-hybridized carbons (Fsp3) is 0.400. The van der Waals surface area contributed by atoms with Crippen molar-refractivity contribution in [3.8, 4) is 0 Å². The summed E-state index contributed by atoms with van der Waals surface area (Å²) in [7, 11) is 3.93. The number of nitrogens with one attached hydrogen (secondary N) is 1. The van der Waals surface area contributed by atoms with Crippen LogP contribution in [-0.4, -0.2) is 47.0 Å². The maximum atomic E-state index is 4.17. The summed E-state index contributed by atoms with van der Waals surface area (Å²) in [5, 5.41) is 1.06. The molecular weight excluding hydrogens is 310 g/mol. The number of anilines is 1. The number of piperidine rings is 1. The molecule has 0 amide bonds. The highest BCUT2D eigenvalue weighted by atomic mass is 15.2. The van der Waals surface area contributed by atoms with E-state index in [1.54, 1.807) is 6.33 Å². The van der Waals surface area contributed by atoms with E-state index in [9.17, 15) is 0 Å². The molecule has 5 rings (SSSR count). The lowest BCUT2D eigenvalue weighted by Gasteiger charge is -2.16. The largest absolute Gasteiger partial charge is 0.362 e. The van der Waals surface area contributed by atoms with Crippen LogP contribution in [0.5, 0.6) is 0 Å². The Bertz CT molecular complexity index is 816. The molecule has 1 saturated heterocycles. The molecule has 5 nitrogen and oxygen atoms in total. The second-order valence-corrected chi connectivity index (χ2v) is 7.27. The first kappa shape index (κ1) is 16.1. The maximum Gasteiger partial charge on any atom is 0.142 e. The fourth-order valence-electron chi connectivity index (χ4n) is 3.68. The molecule has 130 valence electrons. The van der Waals surface area contributed by atoms with E-state index in [4.69, 9.17) is 0 Å². The summed E-state index contributed by atoms with van der Waals surface area (Å²) in [6.45, 7) is 3.85. The van der Waals surface area contributed by atoms with Gasteiger partial charge in [0.25, 0.3) is 0 Å². The minimum atomic E-state index is 0.883. The van der Waals surface area contributed by atoms with Crippen LogP contribution < -0.4 is 4.90 Å². The molecule has 1 N–H and O–H groups in total. The zero-order chi connectivity index (χ0) is 17.2. The number of hydrogen-bond acceptors (Lipinski definition) is 4. The van der Waals surface area contributed by atoms with Gasteiger partial charge in [0.15, 0.2) is 0 Å². The summed E-state index contributed by atoms with van der Waals surface area (Å²) in [5.74, 6) is 3.06. The Balaban J connectivity index is 0.000000126. The van der Waals surface area contributed by atoms with E-state index in [1.165, 1.54) is 25.1 Å². The molecule has 2 unspecified atom stereocenters. The molecule has 1 saturated carbocycles. The van der Waals surface area contributed by atoms with Crippen molar-refractivity contribution < 1.29 is 0 Å². The summed E-state index contributed by atoms with van der Waals surface area (Å²) in [5.41, 5.74) is 2.34. The van der Waals surface area contributed by atoms with E-state index in [2.05, 4.69) is 50.2 Å². The average molecular weight is 335 g/mol. The van der Waals surface area contributed by atoms with Crippen LogP contribution in [0.25, 0.3) is 11.0 Å². The Morgan fingerprint density at radius 2 is 1.84 bits per heavy atom. The van der Waals surface area contributed by atoms with Crippen LogP contribution in [0.1, 0.15) is 12.0 Å². The van der Waals surface area contributed by atoms with E-state index in [1.807, 2.05) is 31.3 Å². The van der Waals surface area contributed by atoms with Crippen LogP contribution in [0.4, 0.5) is 5.82 Å². The topological polar surface area (TPSA) is 48.1 Å². The van der Waals surface area contributed by atoms with Gasteiger partial charge in [-0.15, -0.1) is 0 Å². The van der Waals surface area contributed by atoms with Gasteiger partial charge in [0.2, 0.25) is 0 Å². The number of H-pyrrole nitrogens is 1. The number of nitrogens with zero attached hydrogens (tertiary/aromatic N) is 4. The third-order valence-electron chi connectivity index (χ3n) is 5.06. The van der Waals surface area contributed by atoms with Gasteiger partial charge in [0, 0.05) is 39.9 Å². The van der Waals surface area contributed by atoms with Gasteiger partial charge in [-0.2, -0.15) is 0 Å². The Morgan fingerprint density at radius 3 is 2.56 bits per heavy atom. The summed E-state index contributed by atoms with van der Waals surface area (Å²) in [6.07, 6.45) is 4.94. The van der Waals surface area contributed by atoms with Crippen molar-refractivity contribution in [2.24, 2.45) is 11.8 Å². The second-order valence-electron chi connectivity index (χ2n) is 7.27. The first-order valence-electron chi connectivity index (χ1n) is 8.92. The molecule has 3 heterocycles. The molecule has 5 heteroatoms. The molecule has 2 fully saturated rings. The highest BCUT2D eigenvalue weighted by Gasteiger charge is 2.44. The number of aromatic nitrogens is 3. The summed E-state index contributed by atoms with van der Waals surface area (Å²) < 4.78 is 0. The normalized spacial score (nSPS) is 21.5. The van der Waals surface area contributed by atoms with Crippen molar-refractivity contribution in [2.75, 3.05) is 32.1 Å². The van der Waals surface area contributed by atoms with Gasteiger partial charge in [-0.05, 0) is 29.9 Å². The molecule has 25 heavy (non-hydrogen) atoms. The number of aromatic amines is 1. The Kier molecular flexibility index (Phi) is 4.40. The first-order valence-corrected chi connectivity index (χ1v) is 8.92. The number of likely N-dealkylation sites (tertiary alicyclic amines) is 1. The summed E-state index contributed by atoms with van der Waals surface area (Å²) >= 11 is 0. The minimum Gasteiger partial charge on any atom is -0.362 e. The predicted octanol–water partition coefficient (Wildman–Crippen LogP) is 3.16. The van der Waals surface area contributed by atoms with E-state index in [-0.39, 0.29) is 0 Å². The van der Waals surface area contributed by atoms with Crippen molar-refractivity contribution in [1.82, 2.24) is 19.9 Å². The molecule has 3 aromatic rings. The number of fused-ring (bicyclic) bond motifs is 2. The molecule has 2 aromatic heterocycles. The average Bonchev–Trinajstić information content (AvgIpc) is 3.02. The quantitative estimate of drug-likeness (QED) is 0.799. The van der Waals surface area contributed by atoms with Crippen molar-refractivity contribution >= 4 is 16.9 Å². The lowest BCUT2D eigenvalue weighted by atomic mass is 10.2. The van der Waals surface area contributed by atoms with Gasteiger partial charge >= 0.3 is 0 Å². The molecule has 0 spiro atoms. The zero-order valence-corrected chi connectivity index (χ0v) is 14.9. The van der Waals surface area contributed by atoms with Crippen LogP contribution in [0.2, 0.25) is 0 Å². The van der Waals surface area contributed by atoms with E-state index < -0.39 is 0 Å². The van der Waals surface area contributed by atoms with Gasteiger partial charge in [-0.1, -0.05) is 30.3 Å². The molecule has 2 aliphatic rings. The van der Waals surface area contributed by atoms with Crippen LogP contribution >= 0.6 is 0 Å². The van der Waals surface area contributed by atoms with Crippen LogP contribution in [0.15, 0.2) is 48.9 Å². The maximum absolute atomic E-state index is 4.17. The monoisotopic (exact) mass is 335 g/mol. The predicted molar refractivity (Wildman–Crippen MR) is 102 cm³/mol.